The molecule has 1 spiro atoms. The van der Waals surface area contributed by atoms with Gasteiger partial charge in [-0.1, -0.05) is 65.6 Å². The van der Waals surface area contributed by atoms with Crippen molar-refractivity contribution in [1.82, 2.24) is 0 Å². The third-order valence-corrected chi connectivity index (χ3v) is 11.4. The maximum absolute atomic E-state index is 4.97. The molecule has 0 aromatic heterocycles. The van der Waals surface area contributed by atoms with E-state index in [0.717, 1.165) is 42.6 Å². The Morgan fingerprint density at radius 2 is 1.75 bits per heavy atom. The van der Waals surface area contributed by atoms with Gasteiger partial charge in [0.25, 0.3) is 0 Å². The molecule has 192 valence electrons. The molecule has 3 fully saturated rings. The molecule has 1 heteroatoms. The van der Waals surface area contributed by atoms with Crippen LogP contribution in [0, 0.1) is 41.9 Å². The molecule has 7 unspecified atom stereocenters. The van der Waals surface area contributed by atoms with Crippen molar-refractivity contribution in [2.75, 3.05) is 6.54 Å². The van der Waals surface area contributed by atoms with Crippen LogP contribution in [0.15, 0.2) is 63.7 Å². The lowest BCUT2D eigenvalue weighted by molar-refractivity contribution is 0.108. The number of rotatable bonds is 2. The zero-order chi connectivity index (χ0) is 24.9. The Labute approximate surface area is 220 Å². The second-order valence-corrected chi connectivity index (χ2v) is 13.2. The molecule has 1 nitrogen and oxygen atoms in total. The smallest absolute Gasteiger partial charge is 0.0488 e. The van der Waals surface area contributed by atoms with Crippen LogP contribution >= 0.6 is 0 Å². The van der Waals surface area contributed by atoms with E-state index in [-0.39, 0.29) is 0 Å². The van der Waals surface area contributed by atoms with Crippen molar-refractivity contribution >= 4 is 6.21 Å². The summed E-state index contributed by atoms with van der Waals surface area (Å²) in [6, 6.07) is 9.24. The lowest BCUT2D eigenvalue weighted by Gasteiger charge is -2.44. The van der Waals surface area contributed by atoms with Gasteiger partial charge in [0.2, 0.25) is 0 Å². The summed E-state index contributed by atoms with van der Waals surface area (Å²) in [5.41, 5.74) is 10.5. The quantitative estimate of drug-likeness (QED) is 0.373. The number of aliphatic imine (C=N–C) groups is 1. The molecular weight excluding hydrogens is 434 g/mol. The fraction of sp³-hybridized carbons (Fsp3) is 0.629. The minimum absolute atomic E-state index is 0.534. The fourth-order valence-electron chi connectivity index (χ4n) is 9.33. The van der Waals surface area contributed by atoms with E-state index in [9.17, 15) is 0 Å². The van der Waals surface area contributed by atoms with Gasteiger partial charge in [0.15, 0.2) is 0 Å². The lowest BCUT2D eigenvalue weighted by Crippen LogP contribution is -2.35. The minimum atomic E-state index is 0.534. The third-order valence-electron chi connectivity index (χ3n) is 11.4. The summed E-state index contributed by atoms with van der Waals surface area (Å²) in [6.07, 6.45) is 20.6. The highest BCUT2D eigenvalue weighted by Gasteiger charge is 2.63. The highest BCUT2D eigenvalue weighted by molar-refractivity contribution is 5.58. The Bertz CT molecular complexity index is 1120. The molecule has 1 aromatic rings. The Hall–Kier alpha value is -1.89. The van der Waals surface area contributed by atoms with Gasteiger partial charge in [-0.15, -0.1) is 0 Å². The van der Waals surface area contributed by atoms with E-state index in [1.807, 2.05) is 0 Å². The van der Waals surface area contributed by atoms with Crippen LogP contribution in [0.5, 0.6) is 0 Å². The topological polar surface area (TPSA) is 12.4 Å². The van der Waals surface area contributed by atoms with Crippen molar-refractivity contribution in [1.29, 1.82) is 0 Å². The number of benzene rings is 1. The standard InChI is InChI=1S/C35H47N/c1-23-11-15-30-25(3)9-7-19-36-22-33(30)32(16-12-23)31-17-14-28-21-35(28)20-27(13-18-34(35)26(31)4)29-10-6-5-8-24(29)2/h5-6,8,10,12,16,19,26-28,31,33-34H,7,9,11,13-15,17-18,20-22H2,1-4H3. The molecule has 6 rings (SSSR count). The number of hydrogen-bond donors (Lipinski definition) is 0. The number of hydrogen-bond acceptors (Lipinski definition) is 1. The molecule has 0 radical (unpaired) electrons. The minimum Gasteiger partial charge on any atom is -0.297 e. The fourth-order valence-corrected chi connectivity index (χ4v) is 9.33. The number of nitrogens with zero attached hydrogens (tertiary/aromatic N) is 1. The van der Waals surface area contributed by atoms with E-state index in [4.69, 9.17) is 4.99 Å². The predicted octanol–water partition coefficient (Wildman–Crippen LogP) is 9.39. The lowest BCUT2D eigenvalue weighted by atomic mass is 9.61. The molecule has 7 atom stereocenters. The first-order chi connectivity index (χ1) is 17.5. The molecule has 0 bridgehead atoms. The van der Waals surface area contributed by atoms with Gasteiger partial charge in [-0.25, -0.2) is 0 Å². The van der Waals surface area contributed by atoms with Gasteiger partial charge in [0, 0.05) is 12.5 Å². The average molecular weight is 482 g/mol. The Kier molecular flexibility index (Phi) is 6.63. The SMILES string of the molecule is CC1=CC=C(C2CCC3CC34CC(c3ccccc3C)CCC4C2C)C2CN=CCCC(C)=C2CC1. The molecule has 3 saturated carbocycles. The Morgan fingerprint density at radius 1 is 0.889 bits per heavy atom. The predicted molar refractivity (Wildman–Crippen MR) is 154 cm³/mol. The van der Waals surface area contributed by atoms with Crippen LogP contribution in [0.25, 0.3) is 0 Å². The van der Waals surface area contributed by atoms with E-state index in [1.165, 1.54) is 63.4 Å². The van der Waals surface area contributed by atoms with Crippen LogP contribution < -0.4 is 0 Å². The van der Waals surface area contributed by atoms with E-state index in [0.29, 0.717) is 11.3 Å². The molecule has 0 saturated heterocycles. The van der Waals surface area contributed by atoms with Crippen LogP contribution in [0.1, 0.15) is 102 Å². The number of aryl methyl sites for hydroxylation is 1. The summed E-state index contributed by atoms with van der Waals surface area (Å²) in [7, 11) is 0. The van der Waals surface area contributed by atoms with Crippen molar-refractivity contribution in [2.45, 2.75) is 97.8 Å². The summed E-state index contributed by atoms with van der Waals surface area (Å²) in [6.45, 7) is 10.7. The highest BCUT2D eigenvalue weighted by atomic mass is 14.7. The van der Waals surface area contributed by atoms with E-state index < -0.39 is 0 Å². The van der Waals surface area contributed by atoms with Gasteiger partial charge in [0.05, 0.1) is 0 Å². The third kappa shape index (κ3) is 4.29. The van der Waals surface area contributed by atoms with Gasteiger partial charge in [-0.3, -0.25) is 4.99 Å². The first-order valence-electron chi connectivity index (χ1n) is 15.1. The molecular formula is C35H47N. The molecule has 5 aliphatic rings. The number of allylic oxidation sites excluding steroid dienone is 4. The molecule has 4 aliphatic carbocycles. The second kappa shape index (κ2) is 9.77. The zero-order valence-electron chi connectivity index (χ0n) is 23.2. The normalized spacial score (nSPS) is 38.7. The van der Waals surface area contributed by atoms with Crippen LogP contribution in [0.4, 0.5) is 0 Å². The van der Waals surface area contributed by atoms with Crippen LogP contribution in [-0.2, 0) is 0 Å². The van der Waals surface area contributed by atoms with E-state index in [1.54, 1.807) is 27.9 Å². The van der Waals surface area contributed by atoms with E-state index in [2.05, 4.69) is 70.3 Å². The summed E-state index contributed by atoms with van der Waals surface area (Å²) in [4.78, 5) is 4.97. The molecule has 36 heavy (non-hydrogen) atoms. The maximum atomic E-state index is 4.97. The van der Waals surface area contributed by atoms with Gasteiger partial charge >= 0.3 is 0 Å². The van der Waals surface area contributed by atoms with Crippen LogP contribution in [-0.4, -0.2) is 12.8 Å². The van der Waals surface area contributed by atoms with Crippen molar-refractivity contribution in [3.05, 3.63) is 69.8 Å². The van der Waals surface area contributed by atoms with Crippen molar-refractivity contribution in [3.63, 3.8) is 0 Å². The number of fused-ring (bicyclic) bond motifs is 1. The largest absolute Gasteiger partial charge is 0.297 e. The first-order valence-corrected chi connectivity index (χ1v) is 15.1. The molecule has 0 amide bonds. The zero-order valence-corrected chi connectivity index (χ0v) is 23.2. The van der Waals surface area contributed by atoms with Gasteiger partial charge in [-0.05, 0) is 137 Å². The summed E-state index contributed by atoms with van der Waals surface area (Å²) in [5.74, 6) is 4.69. The highest BCUT2D eigenvalue weighted by Crippen LogP contribution is 2.72. The van der Waals surface area contributed by atoms with Crippen molar-refractivity contribution in [3.8, 4) is 0 Å². The summed E-state index contributed by atoms with van der Waals surface area (Å²) in [5, 5.41) is 0. The monoisotopic (exact) mass is 481 g/mol. The van der Waals surface area contributed by atoms with Gasteiger partial charge < -0.3 is 0 Å². The van der Waals surface area contributed by atoms with Crippen LogP contribution in [0.3, 0.4) is 0 Å². The molecule has 1 heterocycles. The summed E-state index contributed by atoms with van der Waals surface area (Å²) >= 11 is 0. The molecule has 0 N–H and O–H groups in total. The molecule has 1 aromatic carbocycles. The van der Waals surface area contributed by atoms with Gasteiger partial charge in [0.1, 0.15) is 0 Å². The van der Waals surface area contributed by atoms with Crippen molar-refractivity contribution < 1.29 is 0 Å². The average Bonchev–Trinajstić information content (AvgIpc) is 3.55. The molecule has 1 aliphatic heterocycles. The van der Waals surface area contributed by atoms with Crippen molar-refractivity contribution in [2.24, 2.45) is 40.0 Å². The summed E-state index contributed by atoms with van der Waals surface area (Å²) < 4.78 is 0. The van der Waals surface area contributed by atoms with Crippen LogP contribution in [0.2, 0.25) is 0 Å². The Morgan fingerprint density at radius 3 is 2.61 bits per heavy atom. The first kappa shape index (κ1) is 24.4. The Balaban J connectivity index is 1.32. The maximum Gasteiger partial charge on any atom is 0.0488 e. The second-order valence-electron chi connectivity index (χ2n) is 13.2. The van der Waals surface area contributed by atoms with E-state index >= 15 is 0 Å². The van der Waals surface area contributed by atoms with Gasteiger partial charge in [-0.2, -0.15) is 0 Å².